The lowest BCUT2D eigenvalue weighted by atomic mass is 10.2. The summed E-state index contributed by atoms with van der Waals surface area (Å²) < 4.78 is 16.3. The summed E-state index contributed by atoms with van der Waals surface area (Å²) in [5.74, 6) is 1.78. The van der Waals surface area contributed by atoms with Gasteiger partial charge in [-0.3, -0.25) is 4.79 Å². The Hall–Kier alpha value is -2.76. The number of amides is 1. The fourth-order valence-electron chi connectivity index (χ4n) is 2.23. The number of ether oxygens (including phenoxy) is 3. The number of pyridine rings is 1. The molecule has 0 bridgehead atoms. The van der Waals surface area contributed by atoms with Crippen molar-refractivity contribution in [2.45, 2.75) is 13.5 Å². The van der Waals surface area contributed by atoms with E-state index in [-0.39, 0.29) is 5.91 Å². The normalized spacial score (nSPS) is 12.6. The molecule has 120 valence electrons. The zero-order valence-corrected chi connectivity index (χ0v) is 12.9. The Labute approximate surface area is 134 Å². The summed E-state index contributed by atoms with van der Waals surface area (Å²) in [5.41, 5.74) is 1.44. The van der Waals surface area contributed by atoms with Crippen molar-refractivity contribution in [2.75, 3.05) is 19.8 Å². The topological polar surface area (TPSA) is 69.7 Å². The summed E-state index contributed by atoms with van der Waals surface area (Å²) in [6.45, 7) is 3.94. The second-order valence-corrected chi connectivity index (χ2v) is 4.98. The third kappa shape index (κ3) is 3.71. The monoisotopic (exact) mass is 314 g/mol. The van der Waals surface area contributed by atoms with Gasteiger partial charge in [-0.1, -0.05) is 6.07 Å². The zero-order chi connectivity index (χ0) is 16.1. The molecule has 0 spiro atoms. The van der Waals surface area contributed by atoms with E-state index in [1.165, 1.54) is 6.20 Å². The average Bonchev–Trinajstić information content (AvgIpc) is 2.60. The van der Waals surface area contributed by atoms with Crippen LogP contribution in [0, 0.1) is 0 Å². The van der Waals surface area contributed by atoms with E-state index < -0.39 is 0 Å². The lowest BCUT2D eigenvalue weighted by molar-refractivity contribution is 0.0950. The first-order chi connectivity index (χ1) is 11.3. The van der Waals surface area contributed by atoms with Crippen LogP contribution in [0.3, 0.4) is 0 Å². The summed E-state index contributed by atoms with van der Waals surface area (Å²) in [6.07, 6.45) is 1.50. The Morgan fingerprint density at radius 1 is 1.22 bits per heavy atom. The second kappa shape index (κ2) is 7.00. The summed E-state index contributed by atoms with van der Waals surface area (Å²) in [4.78, 5) is 16.2. The highest BCUT2D eigenvalue weighted by Crippen LogP contribution is 2.30. The molecule has 0 saturated carbocycles. The van der Waals surface area contributed by atoms with E-state index in [0.717, 1.165) is 11.3 Å². The van der Waals surface area contributed by atoms with Crippen LogP contribution in [0.1, 0.15) is 22.8 Å². The van der Waals surface area contributed by atoms with Gasteiger partial charge in [0.2, 0.25) is 5.88 Å². The van der Waals surface area contributed by atoms with Crippen LogP contribution in [0.5, 0.6) is 17.4 Å². The number of benzene rings is 1. The Balaban J connectivity index is 1.60. The molecule has 23 heavy (non-hydrogen) atoms. The third-order valence-corrected chi connectivity index (χ3v) is 3.35. The van der Waals surface area contributed by atoms with Gasteiger partial charge < -0.3 is 19.5 Å². The van der Waals surface area contributed by atoms with Crippen LogP contribution in [0.15, 0.2) is 36.5 Å². The van der Waals surface area contributed by atoms with E-state index in [2.05, 4.69) is 10.3 Å². The number of hydrogen-bond acceptors (Lipinski definition) is 5. The van der Waals surface area contributed by atoms with Gasteiger partial charge in [0.25, 0.3) is 5.91 Å². The Morgan fingerprint density at radius 2 is 2.04 bits per heavy atom. The molecule has 3 rings (SSSR count). The number of hydrogen-bond donors (Lipinski definition) is 1. The van der Waals surface area contributed by atoms with Crippen LogP contribution >= 0.6 is 0 Å². The SMILES string of the molecule is CCOc1ccc(C(=O)NCc2ccc3c(c2)OCCO3)cn1. The molecule has 0 aliphatic carbocycles. The van der Waals surface area contributed by atoms with Crippen molar-refractivity contribution in [1.82, 2.24) is 10.3 Å². The number of rotatable bonds is 5. The van der Waals surface area contributed by atoms with Gasteiger partial charge in [-0.05, 0) is 30.7 Å². The van der Waals surface area contributed by atoms with Gasteiger partial charge in [-0.2, -0.15) is 0 Å². The maximum absolute atomic E-state index is 12.1. The van der Waals surface area contributed by atoms with Crippen LogP contribution < -0.4 is 19.5 Å². The third-order valence-electron chi connectivity index (χ3n) is 3.35. The highest BCUT2D eigenvalue weighted by Gasteiger charge is 2.12. The molecule has 1 aliphatic heterocycles. The first-order valence-corrected chi connectivity index (χ1v) is 7.52. The molecule has 6 nitrogen and oxygen atoms in total. The van der Waals surface area contributed by atoms with Crippen LogP contribution in [0.25, 0.3) is 0 Å². The van der Waals surface area contributed by atoms with Crippen molar-refractivity contribution in [2.24, 2.45) is 0 Å². The lowest BCUT2D eigenvalue weighted by Gasteiger charge is -2.19. The predicted molar refractivity (Wildman–Crippen MR) is 84.0 cm³/mol. The van der Waals surface area contributed by atoms with Gasteiger partial charge in [0, 0.05) is 18.8 Å². The van der Waals surface area contributed by atoms with Gasteiger partial charge >= 0.3 is 0 Å². The molecule has 2 aromatic rings. The van der Waals surface area contributed by atoms with Crippen LogP contribution in [0.2, 0.25) is 0 Å². The molecule has 2 heterocycles. The predicted octanol–water partition coefficient (Wildman–Crippen LogP) is 2.18. The first kappa shape index (κ1) is 15.1. The summed E-state index contributed by atoms with van der Waals surface area (Å²) >= 11 is 0. The maximum atomic E-state index is 12.1. The number of aromatic nitrogens is 1. The first-order valence-electron chi connectivity index (χ1n) is 7.52. The Bertz CT molecular complexity index is 685. The van der Waals surface area contributed by atoms with E-state index in [1.54, 1.807) is 12.1 Å². The van der Waals surface area contributed by atoms with Crippen molar-refractivity contribution in [3.05, 3.63) is 47.7 Å². The van der Waals surface area contributed by atoms with Gasteiger partial charge in [0.15, 0.2) is 11.5 Å². The number of carbonyl (C=O) groups is 1. The molecule has 0 unspecified atom stereocenters. The van der Waals surface area contributed by atoms with E-state index in [1.807, 2.05) is 25.1 Å². The van der Waals surface area contributed by atoms with Gasteiger partial charge in [0.05, 0.1) is 12.2 Å². The van der Waals surface area contributed by atoms with E-state index in [4.69, 9.17) is 14.2 Å². The number of nitrogens with zero attached hydrogens (tertiary/aromatic N) is 1. The molecule has 0 radical (unpaired) electrons. The zero-order valence-electron chi connectivity index (χ0n) is 12.9. The molecule has 6 heteroatoms. The molecule has 1 aliphatic rings. The van der Waals surface area contributed by atoms with Gasteiger partial charge in [-0.25, -0.2) is 4.98 Å². The van der Waals surface area contributed by atoms with Crippen molar-refractivity contribution in [1.29, 1.82) is 0 Å². The van der Waals surface area contributed by atoms with Crippen molar-refractivity contribution < 1.29 is 19.0 Å². The molecule has 1 amide bonds. The van der Waals surface area contributed by atoms with Crippen LogP contribution in [0.4, 0.5) is 0 Å². The highest BCUT2D eigenvalue weighted by atomic mass is 16.6. The van der Waals surface area contributed by atoms with Crippen LogP contribution in [-0.4, -0.2) is 30.7 Å². The van der Waals surface area contributed by atoms with E-state index in [0.29, 0.717) is 43.6 Å². The van der Waals surface area contributed by atoms with Crippen molar-refractivity contribution >= 4 is 5.91 Å². The second-order valence-electron chi connectivity index (χ2n) is 4.98. The van der Waals surface area contributed by atoms with E-state index in [9.17, 15) is 4.79 Å². The molecule has 0 fully saturated rings. The Morgan fingerprint density at radius 3 is 2.78 bits per heavy atom. The molecular formula is C17H18N2O4. The van der Waals surface area contributed by atoms with Crippen LogP contribution in [-0.2, 0) is 6.54 Å². The summed E-state index contributed by atoms with van der Waals surface area (Å²) in [7, 11) is 0. The number of nitrogens with one attached hydrogen (secondary N) is 1. The molecule has 1 aromatic heterocycles. The number of carbonyl (C=O) groups excluding carboxylic acids is 1. The minimum Gasteiger partial charge on any atom is -0.486 e. The van der Waals surface area contributed by atoms with Gasteiger partial charge in [-0.15, -0.1) is 0 Å². The summed E-state index contributed by atoms with van der Waals surface area (Å²) in [5, 5.41) is 2.86. The molecule has 1 N–H and O–H groups in total. The minimum atomic E-state index is -0.185. The smallest absolute Gasteiger partial charge is 0.253 e. The van der Waals surface area contributed by atoms with Crippen molar-refractivity contribution in [3.8, 4) is 17.4 Å². The summed E-state index contributed by atoms with van der Waals surface area (Å²) in [6, 6.07) is 9.02. The molecule has 0 atom stereocenters. The van der Waals surface area contributed by atoms with E-state index >= 15 is 0 Å². The number of fused-ring (bicyclic) bond motifs is 1. The molecular weight excluding hydrogens is 296 g/mol. The fourth-order valence-corrected chi connectivity index (χ4v) is 2.23. The maximum Gasteiger partial charge on any atom is 0.253 e. The molecule has 1 aromatic carbocycles. The Kier molecular flexibility index (Phi) is 4.61. The largest absolute Gasteiger partial charge is 0.486 e. The minimum absolute atomic E-state index is 0.185. The quantitative estimate of drug-likeness (QED) is 0.916. The lowest BCUT2D eigenvalue weighted by Crippen LogP contribution is -2.23. The van der Waals surface area contributed by atoms with Gasteiger partial charge in [0.1, 0.15) is 13.2 Å². The standard InChI is InChI=1S/C17H18N2O4/c1-2-21-16-6-4-13(11-18-16)17(20)19-10-12-3-5-14-15(9-12)23-8-7-22-14/h3-6,9,11H,2,7-8,10H2,1H3,(H,19,20). The van der Waals surface area contributed by atoms with Crippen molar-refractivity contribution in [3.63, 3.8) is 0 Å². The molecule has 0 saturated heterocycles. The average molecular weight is 314 g/mol. The highest BCUT2D eigenvalue weighted by molar-refractivity contribution is 5.93. The fraction of sp³-hybridized carbons (Fsp3) is 0.294.